The Morgan fingerprint density at radius 2 is 2.06 bits per heavy atom. The minimum atomic E-state index is -0.165. The lowest BCUT2D eigenvalue weighted by atomic mass is 10.1. The number of H-pyrrole nitrogens is 1. The van der Waals surface area contributed by atoms with E-state index in [9.17, 15) is 4.79 Å². The number of nitrogens with one attached hydrogen (secondary N) is 2. The van der Waals surface area contributed by atoms with Crippen LogP contribution in [0.15, 0.2) is 36.5 Å². The molecule has 1 heterocycles. The summed E-state index contributed by atoms with van der Waals surface area (Å²) in [4.78, 5) is 11.5. The molecule has 88 valence electrons. The van der Waals surface area contributed by atoms with Gasteiger partial charge in [0.1, 0.15) is 11.4 Å². The van der Waals surface area contributed by atoms with Crippen LogP contribution in [0.1, 0.15) is 16.1 Å². The summed E-state index contributed by atoms with van der Waals surface area (Å²) in [6.45, 7) is 0.544. The molecular weight excluding hydrogens is 218 g/mol. The number of phenolic OH excluding ortho intramolecular Hbond substituents is 1. The van der Waals surface area contributed by atoms with Gasteiger partial charge >= 0.3 is 0 Å². The van der Waals surface area contributed by atoms with Gasteiger partial charge in [-0.3, -0.25) is 9.89 Å². The van der Waals surface area contributed by atoms with Gasteiger partial charge < -0.3 is 10.4 Å². The van der Waals surface area contributed by atoms with Gasteiger partial charge in [-0.25, -0.2) is 0 Å². The van der Waals surface area contributed by atoms with Gasteiger partial charge in [-0.2, -0.15) is 5.10 Å². The Kier molecular flexibility index (Phi) is 3.40. The Hall–Kier alpha value is -2.30. The van der Waals surface area contributed by atoms with E-state index < -0.39 is 0 Å². The van der Waals surface area contributed by atoms with Gasteiger partial charge in [-0.05, 0) is 30.2 Å². The number of carbonyl (C=O) groups excluding carboxylic acids is 1. The summed E-state index contributed by atoms with van der Waals surface area (Å²) in [7, 11) is 0. The summed E-state index contributed by atoms with van der Waals surface area (Å²) >= 11 is 0. The minimum Gasteiger partial charge on any atom is -0.508 e. The third-order valence-electron chi connectivity index (χ3n) is 2.38. The van der Waals surface area contributed by atoms with Crippen molar-refractivity contribution in [1.29, 1.82) is 0 Å². The van der Waals surface area contributed by atoms with E-state index in [1.165, 1.54) is 6.20 Å². The number of phenols is 1. The molecule has 0 radical (unpaired) electrons. The first-order valence-electron chi connectivity index (χ1n) is 5.31. The molecule has 0 aliphatic heterocycles. The van der Waals surface area contributed by atoms with Crippen molar-refractivity contribution in [1.82, 2.24) is 15.5 Å². The largest absolute Gasteiger partial charge is 0.508 e. The third kappa shape index (κ3) is 3.07. The van der Waals surface area contributed by atoms with Gasteiger partial charge in [-0.1, -0.05) is 12.1 Å². The fourth-order valence-corrected chi connectivity index (χ4v) is 1.46. The molecule has 0 aliphatic rings. The van der Waals surface area contributed by atoms with Crippen LogP contribution < -0.4 is 5.32 Å². The fourth-order valence-electron chi connectivity index (χ4n) is 1.46. The molecule has 0 fully saturated rings. The summed E-state index contributed by atoms with van der Waals surface area (Å²) in [5, 5.41) is 18.2. The zero-order valence-corrected chi connectivity index (χ0v) is 9.18. The Balaban J connectivity index is 1.80. The van der Waals surface area contributed by atoms with Gasteiger partial charge in [0.25, 0.3) is 5.91 Å². The Labute approximate surface area is 98.5 Å². The molecule has 1 aromatic heterocycles. The Morgan fingerprint density at radius 1 is 1.29 bits per heavy atom. The zero-order chi connectivity index (χ0) is 12.1. The van der Waals surface area contributed by atoms with Crippen molar-refractivity contribution in [2.45, 2.75) is 6.42 Å². The lowest BCUT2D eigenvalue weighted by Gasteiger charge is -2.03. The first-order valence-corrected chi connectivity index (χ1v) is 5.31. The van der Waals surface area contributed by atoms with Crippen molar-refractivity contribution in [3.8, 4) is 5.75 Å². The van der Waals surface area contributed by atoms with E-state index in [-0.39, 0.29) is 11.7 Å². The monoisotopic (exact) mass is 231 g/mol. The van der Waals surface area contributed by atoms with Crippen LogP contribution in [0.2, 0.25) is 0 Å². The van der Waals surface area contributed by atoms with Crippen molar-refractivity contribution < 1.29 is 9.90 Å². The topological polar surface area (TPSA) is 78.0 Å². The van der Waals surface area contributed by atoms with Crippen molar-refractivity contribution in [2.75, 3.05) is 6.54 Å². The van der Waals surface area contributed by atoms with E-state index in [0.717, 1.165) is 12.0 Å². The van der Waals surface area contributed by atoms with Gasteiger partial charge in [-0.15, -0.1) is 0 Å². The highest BCUT2D eigenvalue weighted by Crippen LogP contribution is 2.09. The molecule has 0 bridgehead atoms. The van der Waals surface area contributed by atoms with Gasteiger partial charge in [0.15, 0.2) is 0 Å². The highest BCUT2D eigenvalue weighted by Gasteiger charge is 2.05. The summed E-state index contributed by atoms with van der Waals surface area (Å²) in [6.07, 6.45) is 2.26. The molecule has 5 nitrogen and oxygen atoms in total. The minimum absolute atomic E-state index is 0.165. The van der Waals surface area contributed by atoms with E-state index >= 15 is 0 Å². The van der Waals surface area contributed by atoms with E-state index in [2.05, 4.69) is 15.5 Å². The van der Waals surface area contributed by atoms with Crippen molar-refractivity contribution >= 4 is 5.91 Å². The SMILES string of the molecule is O=C(NCCc1ccc(O)cc1)c1ccn[nH]1. The molecule has 0 unspecified atom stereocenters. The lowest BCUT2D eigenvalue weighted by Crippen LogP contribution is -2.25. The predicted molar refractivity (Wildman–Crippen MR) is 62.7 cm³/mol. The van der Waals surface area contributed by atoms with E-state index in [4.69, 9.17) is 5.11 Å². The predicted octanol–water partition coefficient (Wildman–Crippen LogP) is 1.09. The number of aromatic nitrogens is 2. The maximum Gasteiger partial charge on any atom is 0.269 e. The average molecular weight is 231 g/mol. The molecule has 0 saturated carbocycles. The molecule has 1 amide bonds. The molecule has 3 N–H and O–H groups in total. The molecule has 2 aromatic rings. The van der Waals surface area contributed by atoms with Crippen LogP contribution in [0.3, 0.4) is 0 Å². The smallest absolute Gasteiger partial charge is 0.269 e. The van der Waals surface area contributed by atoms with Crippen LogP contribution in [0, 0.1) is 0 Å². The number of benzene rings is 1. The highest BCUT2D eigenvalue weighted by molar-refractivity contribution is 5.92. The summed E-state index contributed by atoms with van der Waals surface area (Å²) in [6, 6.07) is 8.54. The summed E-state index contributed by atoms with van der Waals surface area (Å²) in [5.41, 5.74) is 1.52. The third-order valence-corrected chi connectivity index (χ3v) is 2.38. The van der Waals surface area contributed by atoms with Crippen LogP contribution in [0.5, 0.6) is 5.75 Å². The Morgan fingerprint density at radius 3 is 2.71 bits per heavy atom. The number of aromatic amines is 1. The fraction of sp³-hybridized carbons (Fsp3) is 0.167. The highest BCUT2D eigenvalue weighted by atomic mass is 16.3. The molecule has 17 heavy (non-hydrogen) atoms. The maximum absolute atomic E-state index is 11.5. The molecule has 0 spiro atoms. The summed E-state index contributed by atoms with van der Waals surface area (Å²) < 4.78 is 0. The second-order valence-corrected chi connectivity index (χ2v) is 3.64. The summed E-state index contributed by atoms with van der Waals surface area (Å²) in [5.74, 6) is 0.0801. The molecule has 0 aliphatic carbocycles. The Bertz CT molecular complexity index is 477. The second kappa shape index (κ2) is 5.16. The van der Waals surface area contributed by atoms with Crippen molar-refractivity contribution in [2.24, 2.45) is 0 Å². The van der Waals surface area contributed by atoms with Crippen molar-refractivity contribution in [3.63, 3.8) is 0 Å². The lowest BCUT2D eigenvalue weighted by molar-refractivity contribution is 0.0949. The van der Waals surface area contributed by atoms with Crippen LogP contribution in [-0.2, 0) is 6.42 Å². The first kappa shape index (κ1) is 11.2. The number of hydrogen-bond donors (Lipinski definition) is 3. The van der Waals surface area contributed by atoms with Gasteiger partial charge in [0.05, 0.1) is 0 Å². The quantitative estimate of drug-likeness (QED) is 0.737. The number of rotatable bonds is 4. The molecule has 2 rings (SSSR count). The van der Waals surface area contributed by atoms with Crippen LogP contribution in [-0.4, -0.2) is 27.8 Å². The molecule has 0 saturated heterocycles. The number of amides is 1. The molecular formula is C12H13N3O2. The van der Waals surface area contributed by atoms with Gasteiger partial charge in [0, 0.05) is 12.7 Å². The van der Waals surface area contributed by atoms with Crippen LogP contribution in [0.25, 0.3) is 0 Å². The standard InChI is InChI=1S/C12H13N3O2/c16-10-3-1-9(2-4-10)5-7-13-12(17)11-6-8-14-15-11/h1-4,6,8,16H,5,7H2,(H,13,17)(H,14,15). The van der Waals surface area contributed by atoms with Crippen molar-refractivity contribution in [3.05, 3.63) is 47.8 Å². The number of nitrogens with zero attached hydrogens (tertiary/aromatic N) is 1. The van der Waals surface area contributed by atoms with E-state index in [0.29, 0.717) is 12.2 Å². The average Bonchev–Trinajstić information content (AvgIpc) is 2.85. The zero-order valence-electron chi connectivity index (χ0n) is 9.18. The van der Waals surface area contributed by atoms with E-state index in [1.807, 2.05) is 12.1 Å². The number of carbonyl (C=O) groups is 1. The molecule has 0 atom stereocenters. The second-order valence-electron chi connectivity index (χ2n) is 3.64. The molecule has 1 aromatic carbocycles. The van der Waals surface area contributed by atoms with Gasteiger partial charge in [0.2, 0.25) is 0 Å². The normalized spacial score (nSPS) is 10.1. The first-order chi connectivity index (χ1) is 8.25. The van der Waals surface area contributed by atoms with Crippen LogP contribution >= 0.6 is 0 Å². The number of hydrogen-bond acceptors (Lipinski definition) is 3. The van der Waals surface area contributed by atoms with Crippen LogP contribution in [0.4, 0.5) is 0 Å². The number of aromatic hydroxyl groups is 1. The maximum atomic E-state index is 11.5. The van der Waals surface area contributed by atoms with E-state index in [1.54, 1.807) is 18.2 Å². The molecule has 5 heteroatoms.